The molecule has 1 N–H and O–H groups in total. The van der Waals surface area contributed by atoms with Crippen LogP contribution in [0.15, 0.2) is 53.4 Å². The molecule has 0 spiro atoms. The summed E-state index contributed by atoms with van der Waals surface area (Å²) in [7, 11) is -3.76. The molecule has 1 unspecified atom stereocenters. The lowest BCUT2D eigenvalue weighted by molar-refractivity contribution is -0.120. The van der Waals surface area contributed by atoms with Crippen molar-refractivity contribution in [3.63, 3.8) is 0 Å². The van der Waals surface area contributed by atoms with Crippen LogP contribution in [0.2, 0.25) is 0 Å². The molecule has 1 saturated heterocycles. The fraction of sp³-hybridized carbons (Fsp3) is 0.333. The van der Waals surface area contributed by atoms with Crippen molar-refractivity contribution < 1.29 is 22.7 Å². The third kappa shape index (κ3) is 4.53. The Morgan fingerprint density at radius 1 is 1.15 bits per heavy atom. The van der Waals surface area contributed by atoms with E-state index in [1.165, 1.54) is 15.6 Å². The Balaban J connectivity index is 1.31. The van der Waals surface area contributed by atoms with E-state index in [0.29, 0.717) is 24.5 Å². The number of aromatic nitrogens is 1. The van der Waals surface area contributed by atoms with Gasteiger partial charge in [-0.05, 0) is 49.6 Å². The maximum Gasteiger partial charge on any atom is 0.244 e. The number of aryl methyl sites for hydroxylation is 1. The Morgan fingerprint density at radius 3 is 2.76 bits per heavy atom. The van der Waals surface area contributed by atoms with Crippen LogP contribution in [0.4, 0.5) is 5.13 Å². The number of anilines is 1. The number of sulfonamides is 1. The predicted molar refractivity (Wildman–Crippen MR) is 129 cm³/mol. The van der Waals surface area contributed by atoms with Gasteiger partial charge in [0, 0.05) is 17.8 Å². The molecule has 3 aromatic rings. The summed E-state index contributed by atoms with van der Waals surface area (Å²) in [6.45, 7) is 2.45. The molecule has 0 aliphatic carbocycles. The number of amides is 1. The van der Waals surface area contributed by atoms with Crippen LogP contribution in [0.1, 0.15) is 35.4 Å². The van der Waals surface area contributed by atoms with Crippen molar-refractivity contribution in [1.82, 2.24) is 9.29 Å². The summed E-state index contributed by atoms with van der Waals surface area (Å²) in [5, 5.41) is 3.34. The van der Waals surface area contributed by atoms with Crippen LogP contribution in [0, 0.1) is 6.92 Å². The number of thiazole rings is 1. The third-order valence-electron chi connectivity index (χ3n) is 6.03. The van der Waals surface area contributed by atoms with E-state index in [1.807, 2.05) is 25.1 Å². The van der Waals surface area contributed by atoms with Gasteiger partial charge in [0.15, 0.2) is 16.6 Å². The van der Waals surface area contributed by atoms with Gasteiger partial charge in [-0.3, -0.25) is 4.79 Å². The Morgan fingerprint density at radius 2 is 1.94 bits per heavy atom. The van der Waals surface area contributed by atoms with Gasteiger partial charge in [0.05, 0.1) is 10.6 Å². The molecule has 10 heteroatoms. The number of hydrogen-bond donors (Lipinski definition) is 1. The topological polar surface area (TPSA) is 97.8 Å². The molecule has 0 bridgehead atoms. The van der Waals surface area contributed by atoms with E-state index in [4.69, 9.17) is 9.47 Å². The SMILES string of the molecule is Cc1nc(NC(=O)C2CCCCN2S(=O)(=O)c2ccccc2)sc1Cc1ccc2c(c1)OCO2. The van der Waals surface area contributed by atoms with Crippen LogP contribution < -0.4 is 14.8 Å². The molecule has 178 valence electrons. The highest BCUT2D eigenvalue weighted by Gasteiger charge is 2.37. The van der Waals surface area contributed by atoms with Crippen molar-refractivity contribution in [2.45, 2.75) is 43.5 Å². The van der Waals surface area contributed by atoms with Crippen LogP contribution in [0.25, 0.3) is 0 Å². The highest BCUT2D eigenvalue weighted by atomic mass is 32.2. The summed E-state index contributed by atoms with van der Waals surface area (Å²) >= 11 is 1.40. The minimum Gasteiger partial charge on any atom is -0.454 e. The summed E-state index contributed by atoms with van der Waals surface area (Å²) in [5.41, 5.74) is 1.89. The van der Waals surface area contributed by atoms with Gasteiger partial charge >= 0.3 is 0 Å². The van der Waals surface area contributed by atoms with E-state index in [2.05, 4.69) is 10.3 Å². The number of nitrogens with one attached hydrogen (secondary N) is 1. The molecule has 0 saturated carbocycles. The number of fused-ring (bicyclic) bond motifs is 1. The van der Waals surface area contributed by atoms with Crippen LogP contribution in [0.3, 0.4) is 0 Å². The first-order valence-electron chi connectivity index (χ1n) is 11.1. The van der Waals surface area contributed by atoms with E-state index in [-0.39, 0.29) is 17.6 Å². The average Bonchev–Trinajstić information content (AvgIpc) is 3.45. The van der Waals surface area contributed by atoms with Crippen molar-refractivity contribution in [3.8, 4) is 11.5 Å². The first-order valence-corrected chi connectivity index (χ1v) is 13.4. The summed E-state index contributed by atoms with van der Waals surface area (Å²) in [6.07, 6.45) is 2.65. The van der Waals surface area contributed by atoms with E-state index in [1.54, 1.807) is 30.3 Å². The summed E-state index contributed by atoms with van der Waals surface area (Å²) in [6, 6.07) is 13.3. The second kappa shape index (κ2) is 9.36. The molecule has 2 aliphatic rings. The van der Waals surface area contributed by atoms with Gasteiger partial charge in [0.25, 0.3) is 0 Å². The van der Waals surface area contributed by atoms with E-state index in [9.17, 15) is 13.2 Å². The Bertz CT molecular complexity index is 1310. The summed E-state index contributed by atoms with van der Waals surface area (Å²) in [5.74, 6) is 1.12. The normalized spacial score (nSPS) is 18.1. The Labute approximate surface area is 202 Å². The summed E-state index contributed by atoms with van der Waals surface area (Å²) in [4.78, 5) is 18.9. The van der Waals surface area contributed by atoms with Gasteiger partial charge in [-0.2, -0.15) is 4.31 Å². The van der Waals surface area contributed by atoms with E-state index < -0.39 is 16.1 Å². The molecule has 3 heterocycles. The number of nitrogens with zero attached hydrogens (tertiary/aromatic N) is 2. The van der Waals surface area contributed by atoms with Crippen LogP contribution in [0.5, 0.6) is 11.5 Å². The van der Waals surface area contributed by atoms with Crippen molar-refractivity contribution in [2.75, 3.05) is 18.7 Å². The standard InChI is InChI=1S/C24H25N3O5S2/c1-16-22(14-17-10-11-20-21(13-17)32-15-31-20)33-24(25-16)26-23(28)19-9-5-6-12-27(19)34(29,30)18-7-3-2-4-8-18/h2-4,7-8,10-11,13,19H,5-6,9,12,14-15H2,1H3,(H,25,26,28). The van der Waals surface area contributed by atoms with Crippen molar-refractivity contribution in [2.24, 2.45) is 0 Å². The third-order valence-corrected chi connectivity index (χ3v) is 9.03. The van der Waals surface area contributed by atoms with Gasteiger partial charge in [-0.15, -0.1) is 11.3 Å². The maximum absolute atomic E-state index is 13.2. The first kappa shape index (κ1) is 22.8. The van der Waals surface area contributed by atoms with Crippen molar-refractivity contribution in [3.05, 3.63) is 64.7 Å². The molecule has 8 nitrogen and oxygen atoms in total. The van der Waals surface area contributed by atoms with Crippen molar-refractivity contribution >= 4 is 32.4 Å². The smallest absolute Gasteiger partial charge is 0.244 e. The number of piperidine rings is 1. The molecule has 0 radical (unpaired) electrons. The second-order valence-electron chi connectivity index (χ2n) is 8.32. The lowest BCUT2D eigenvalue weighted by Crippen LogP contribution is -2.49. The van der Waals surface area contributed by atoms with E-state index >= 15 is 0 Å². The largest absolute Gasteiger partial charge is 0.454 e. The Hall–Kier alpha value is -2.95. The lowest BCUT2D eigenvalue weighted by Gasteiger charge is -2.33. The predicted octanol–water partition coefficient (Wildman–Crippen LogP) is 3.95. The molecule has 1 aromatic heterocycles. The fourth-order valence-electron chi connectivity index (χ4n) is 4.25. The maximum atomic E-state index is 13.2. The van der Waals surface area contributed by atoms with Crippen LogP contribution in [-0.2, 0) is 21.2 Å². The first-order chi connectivity index (χ1) is 16.4. The highest BCUT2D eigenvalue weighted by Crippen LogP contribution is 2.34. The molecule has 34 heavy (non-hydrogen) atoms. The molecular weight excluding hydrogens is 474 g/mol. The number of benzene rings is 2. The minimum absolute atomic E-state index is 0.200. The fourth-order valence-corrected chi connectivity index (χ4v) is 6.93. The zero-order chi connectivity index (χ0) is 23.7. The molecular formula is C24H25N3O5S2. The number of carbonyl (C=O) groups excluding carboxylic acids is 1. The van der Waals surface area contributed by atoms with Crippen LogP contribution >= 0.6 is 11.3 Å². The zero-order valence-corrected chi connectivity index (χ0v) is 20.3. The number of rotatable bonds is 6. The molecule has 2 aromatic carbocycles. The quantitative estimate of drug-likeness (QED) is 0.552. The van der Waals surface area contributed by atoms with Gasteiger partial charge < -0.3 is 14.8 Å². The number of ether oxygens (including phenoxy) is 2. The zero-order valence-electron chi connectivity index (χ0n) is 18.7. The van der Waals surface area contributed by atoms with Crippen molar-refractivity contribution in [1.29, 1.82) is 0 Å². The molecule has 1 fully saturated rings. The van der Waals surface area contributed by atoms with Gasteiger partial charge in [-0.1, -0.05) is 30.7 Å². The van der Waals surface area contributed by atoms with Gasteiger partial charge in [0.1, 0.15) is 6.04 Å². The molecule has 2 aliphatic heterocycles. The molecule has 1 atom stereocenters. The molecule has 5 rings (SSSR count). The summed E-state index contributed by atoms with van der Waals surface area (Å²) < 4.78 is 38.6. The minimum atomic E-state index is -3.76. The lowest BCUT2D eigenvalue weighted by atomic mass is 10.0. The Kier molecular flexibility index (Phi) is 6.28. The monoisotopic (exact) mass is 499 g/mol. The number of carbonyl (C=O) groups is 1. The van der Waals surface area contributed by atoms with Gasteiger partial charge in [-0.25, -0.2) is 13.4 Å². The second-order valence-corrected chi connectivity index (χ2v) is 11.3. The van der Waals surface area contributed by atoms with Crippen LogP contribution in [-0.4, -0.2) is 43.0 Å². The van der Waals surface area contributed by atoms with Gasteiger partial charge in [0.2, 0.25) is 22.7 Å². The average molecular weight is 500 g/mol. The highest BCUT2D eigenvalue weighted by molar-refractivity contribution is 7.89. The van der Waals surface area contributed by atoms with E-state index in [0.717, 1.165) is 40.5 Å². The molecule has 1 amide bonds. The number of hydrogen-bond acceptors (Lipinski definition) is 7.